The molecule has 0 fully saturated rings. The molecule has 3 rings (SSSR count). The summed E-state index contributed by atoms with van der Waals surface area (Å²) < 4.78 is 6.03. The number of nitrogens with one attached hydrogen (secondary N) is 1. The lowest BCUT2D eigenvalue weighted by Gasteiger charge is -2.18. The highest BCUT2D eigenvalue weighted by Crippen LogP contribution is 2.32. The number of hydrogen-bond donors (Lipinski definition) is 1. The van der Waals surface area contributed by atoms with Gasteiger partial charge < -0.3 is 9.73 Å². The van der Waals surface area contributed by atoms with E-state index >= 15 is 0 Å². The van der Waals surface area contributed by atoms with Gasteiger partial charge in [-0.1, -0.05) is 48.9 Å². The number of furan rings is 1. The van der Waals surface area contributed by atoms with Crippen molar-refractivity contribution in [2.75, 3.05) is 6.54 Å². The molecule has 1 heterocycles. The van der Waals surface area contributed by atoms with E-state index in [2.05, 4.69) is 30.4 Å². The van der Waals surface area contributed by atoms with Gasteiger partial charge in [0.25, 0.3) is 0 Å². The normalized spacial score (nSPS) is 12.7. The molecule has 0 bridgehead atoms. The molecule has 108 valence electrons. The standard InChI is InChI=1S/C18H18ClNO/c1-3-20-18(14-8-6-9-15(19)12(14)2)17-11-13-7-4-5-10-16(13)21-17/h4-11,18,20H,3H2,1-2H3. The lowest BCUT2D eigenvalue weighted by Crippen LogP contribution is -2.22. The predicted octanol–water partition coefficient (Wildman–Crippen LogP) is 5.09. The highest BCUT2D eigenvalue weighted by atomic mass is 35.5. The van der Waals surface area contributed by atoms with Crippen LogP contribution in [0.2, 0.25) is 5.02 Å². The summed E-state index contributed by atoms with van der Waals surface area (Å²) in [6, 6.07) is 16.2. The van der Waals surface area contributed by atoms with Crippen LogP contribution >= 0.6 is 11.6 Å². The van der Waals surface area contributed by atoms with Gasteiger partial charge in [-0.05, 0) is 42.8 Å². The average molecular weight is 300 g/mol. The fourth-order valence-corrected chi connectivity index (χ4v) is 2.83. The van der Waals surface area contributed by atoms with Crippen LogP contribution in [-0.2, 0) is 0 Å². The first-order valence-electron chi connectivity index (χ1n) is 7.17. The maximum absolute atomic E-state index is 6.27. The number of benzene rings is 2. The van der Waals surface area contributed by atoms with Gasteiger partial charge in [-0.25, -0.2) is 0 Å². The Kier molecular flexibility index (Phi) is 4.00. The molecule has 0 spiro atoms. The van der Waals surface area contributed by atoms with E-state index in [-0.39, 0.29) is 6.04 Å². The van der Waals surface area contributed by atoms with Gasteiger partial charge >= 0.3 is 0 Å². The largest absolute Gasteiger partial charge is 0.459 e. The Bertz CT molecular complexity index is 730. The molecule has 0 radical (unpaired) electrons. The van der Waals surface area contributed by atoms with Crippen molar-refractivity contribution in [2.45, 2.75) is 19.9 Å². The maximum Gasteiger partial charge on any atom is 0.134 e. The third-order valence-corrected chi connectivity index (χ3v) is 4.17. The average Bonchev–Trinajstić information content (AvgIpc) is 2.91. The molecule has 2 aromatic carbocycles. The smallest absolute Gasteiger partial charge is 0.134 e. The molecule has 2 nitrogen and oxygen atoms in total. The lowest BCUT2D eigenvalue weighted by atomic mass is 9.99. The van der Waals surface area contributed by atoms with E-state index in [0.717, 1.165) is 39.4 Å². The van der Waals surface area contributed by atoms with E-state index in [9.17, 15) is 0 Å². The van der Waals surface area contributed by atoms with Gasteiger partial charge in [-0.3, -0.25) is 0 Å². The first-order chi connectivity index (χ1) is 10.2. The summed E-state index contributed by atoms with van der Waals surface area (Å²) in [5.41, 5.74) is 3.16. The summed E-state index contributed by atoms with van der Waals surface area (Å²) in [5, 5.41) is 5.40. The van der Waals surface area contributed by atoms with Crippen LogP contribution < -0.4 is 5.32 Å². The number of para-hydroxylation sites is 1. The summed E-state index contributed by atoms with van der Waals surface area (Å²) in [4.78, 5) is 0. The minimum atomic E-state index is 0.0149. The molecule has 0 saturated carbocycles. The second kappa shape index (κ2) is 5.92. The monoisotopic (exact) mass is 299 g/mol. The van der Waals surface area contributed by atoms with Crippen LogP contribution in [0.3, 0.4) is 0 Å². The van der Waals surface area contributed by atoms with Gasteiger partial charge in [0.1, 0.15) is 11.3 Å². The minimum Gasteiger partial charge on any atom is -0.459 e. The molecule has 0 saturated heterocycles. The first-order valence-corrected chi connectivity index (χ1v) is 7.55. The maximum atomic E-state index is 6.27. The van der Waals surface area contributed by atoms with Crippen LogP contribution in [0.1, 0.15) is 29.9 Å². The van der Waals surface area contributed by atoms with E-state index in [1.165, 1.54) is 0 Å². The van der Waals surface area contributed by atoms with Gasteiger partial charge in [0.2, 0.25) is 0 Å². The van der Waals surface area contributed by atoms with Gasteiger partial charge in [-0.2, -0.15) is 0 Å². The summed E-state index contributed by atoms with van der Waals surface area (Å²) >= 11 is 6.27. The number of rotatable bonds is 4. The molecule has 0 aliphatic heterocycles. The molecule has 1 atom stereocenters. The fourth-order valence-electron chi connectivity index (χ4n) is 2.65. The van der Waals surface area contributed by atoms with Crippen LogP contribution in [0.4, 0.5) is 0 Å². The Morgan fingerprint density at radius 2 is 1.95 bits per heavy atom. The Balaban J connectivity index is 2.10. The Labute approximate surface area is 129 Å². The highest BCUT2D eigenvalue weighted by molar-refractivity contribution is 6.31. The summed E-state index contributed by atoms with van der Waals surface area (Å²) in [6.07, 6.45) is 0. The zero-order valence-corrected chi connectivity index (χ0v) is 12.9. The van der Waals surface area contributed by atoms with Crippen molar-refractivity contribution in [2.24, 2.45) is 0 Å². The molecule has 3 heteroatoms. The number of hydrogen-bond acceptors (Lipinski definition) is 2. The minimum absolute atomic E-state index is 0.0149. The predicted molar refractivity (Wildman–Crippen MR) is 87.9 cm³/mol. The van der Waals surface area contributed by atoms with Crippen molar-refractivity contribution in [3.63, 3.8) is 0 Å². The zero-order chi connectivity index (χ0) is 14.8. The Morgan fingerprint density at radius 3 is 2.71 bits per heavy atom. The quantitative estimate of drug-likeness (QED) is 0.725. The third-order valence-electron chi connectivity index (χ3n) is 3.76. The van der Waals surface area contributed by atoms with E-state index in [4.69, 9.17) is 16.0 Å². The van der Waals surface area contributed by atoms with Crippen LogP contribution in [-0.4, -0.2) is 6.54 Å². The highest BCUT2D eigenvalue weighted by Gasteiger charge is 2.20. The van der Waals surface area contributed by atoms with Crippen molar-refractivity contribution in [3.8, 4) is 0 Å². The Hall–Kier alpha value is -1.77. The van der Waals surface area contributed by atoms with Crippen LogP contribution in [0.5, 0.6) is 0 Å². The molecular formula is C18H18ClNO. The molecule has 21 heavy (non-hydrogen) atoms. The van der Waals surface area contributed by atoms with Crippen molar-refractivity contribution in [1.29, 1.82) is 0 Å². The van der Waals surface area contributed by atoms with Crippen LogP contribution in [0.25, 0.3) is 11.0 Å². The molecular weight excluding hydrogens is 282 g/mol. The van der Waals surface area contributed by atoms with Crippen molar-refractivity contribution < 1.29 is 4.42 Å². The van der Waals surface area contributed by atoms with E-state index in [0.29, 0.717) is 0 Å². The number of fused-ring (bicyclic) bond motifs is 1. The van der Waals surface area contributed by atoms with Crippen LogP contribution in [0, 0.1) is 6.92 Å². The van der Waals surface area contributed by atoms with Gasteiger partial charge in [0, 0.05) is 10.4 Å². The van der Waals surface area contributed by atoms with E-state index in [1.807, 2.05) is 37.3 Å². The third kappa shape index (κ3) is 2.69. The van der Waals surface area contributed by atoms with Gasteiger partial charge in [0.05, 0.1) is 6.04 Å². The van der Waals surface area contributed by atoms with Crippen LogP contribution in [0.15, 0.2) is 52.9 Å². The fraction of sp³-hybridized carbons (Fsp3) is 0.222. The first kappa shape index (κ1) is 14.2. The second-order valence-electron chi connectivity index (χ2n) is 5.13. The molecule has 0 aliphatic rings. The SMILES string of the molecule is CCNC(c1cc2ccccc2o1)c1cccc(Cl)c1C. The molecule has 0 aliphatic carbocycles. The molecule has 1 unspecified atom stereocenters. The lowest BCUT2D eigenvalue weighted by molar-refractivity contribution is 0.476. The van der Waals surface area contributed by atoms with Gasteiger partial charge in [0.15, 0.2) is 0 Å². The van der Waals surface area contributed by atoms with Crippen molar-refractivity contribution in [3.05, 3.63) is 70.4 Å². The summed E-state index contributed by atoms with van der Waals surface area (Å²) in [6.45, 7) is 4.99. The second-order valence-corrected chi connectivity index (χ2v) is 5.54. The molecule has 3 aromatic rings. The summed E-state index contributed by atoms with van der Waals surface area (Å²) in [5.74, 6) is 0.920. The molecule has 1 aromatic heterocycles. The molecule has 0 amide bonds. The Morgan fingerprint density at radius 1 is 1.14 bits per heavy atom. The van der Waals surface area contributed by atoms with E-state index in [1.54, 1.807) is 0 Å². The number of halogens is 1. The van der Waals surface area contributed by atoms with Crippen molar-refractivity contribution in [1.82, 2.24) is 5.32 Å². The summed E-state index contributed by atoms with van der Waals surface area (Å²) in [7, 11) is 0. The van der Waals surface area contributed by atoms with Crippen molar-refractivity contribution >= 4 is 22.6 Å². The van der Waals surface area contributed by atoms with E-state index < -0.39 is 0 Å². The zero-order valence-electron chi connectivity index (χ0n) is 12.2. The molecule has 1 N–H and O–H groups in total. The topological polar surface area (TPSA) is 25.2 Å². The van der Waals surface area contributed by atoms with Gasteiger partial charge in [-0.15, -0.1) is 0 Å².